The van der Waals surface area contributed by atoms with Crippen LogP contribution in [-0.2, 0) is 0 Å². The third kappa shape index (κ3) is 3.00. The molecule has 0 saturated heterocycles. The fourth-order valence-corrected chi connectivity index (χ4v) is 3.08. The van der Waals surface area contributed by atoms with Crippen molar-refractivity contribution in [3.05, 3.63) is 15.6 Å². The van der Waals surface area contributed by atoms with Gasteiger partial charge in [-0.2, -0.15) is 0 Å². The van der Waals surface area contributed by atoms with Crippen molar-refractivity contribution in [1.82, 2.24) is 10.4 Å². The molecule has 15 heavy (non-hydrogen) atoms. The zero-order valence-electron chi connectivity index (χ0n) is 10.0. The Labute approximate surface area is 96.1 Å². The molecule has 0 radical (unpaired) electrons. The Hall–Kier alpha value is -0.450. The molecule has 0 aromatic carbocycles. The highest BCUT2D eigenvalue weighted by Gasteiger charge is 2.21. The lowest BCUT2D eigenvalue weighted by Crippen LogP contribution is -2.32. The molecular weight excluding hydrogens is 206 g/mol. The van der Waals surface area contributed by atoms with Gasteiger partial charge in [-0.25, -0.2) is 4.98 Å². The number of nitrogens with one attached hydrogen (secondary N) is 1. The Morgan fingerprint density at radius 2 is 2.13 bits per heavy atom. The molecule has 2 unspecified atom stereocenters. The van der Waals surface area contributed by atoms with Crippen molar-refractivity contribution in [2.24, 2.45) is 11.8 Å². The summed E-state index contributed by atoms with van der Waals surface area (Å²) in [5, 5.41) is 1.12. The first-order valence-electron chi connectivity index (χ1n) is 5.50. The molecule has 0 amide bonds. The average molecular weight is 227 g/mol. The van der Waals surface area contributed by atoms with Crippen molar-refractivity contribution in [2.75, 3.05) is 0 Å². The van der Waals surface area contributed by atoms with Crippen LogP contribution < -0.4 is 11.3 Å². The predicted octanol–water partition coefficient (Wildman–Crippen LogP) is 2.70. The zero-order valence-corrected chi connectivity index (χ0v) is 10.8. The van der Waals surface area contributed by atoms with E-state index in [9.17, 15) is 0 Å². The van der Waals surface area contributed by atoms with Crippen LogP contribution in [0.2, 0.25) is 0 Å². The standard InChI is InChI=1S/C11H21N3S/c1-5-6-7(2)10(14-12)11-8(3)13-9(4)15-11/h7,10,14H,5-6,12H2,1-4H3. The first-order chi connectivity index (χ1) is 7.10. The molecule has 0 fully saturated rings. The number of nitrogens with zero attached hydrogens (tertiary/aromatic N) is 1. The molecule has 0 spiro atoms. The highest BCUT2D eigenvalue weighted by molar-refractivity contribution is 7.11. The summed E-state index contributed by atoms with van der Waals surface area (Å²) in [7, 11) is 0. The fourth-order valence-electron chi connectivity index (χ4n) is 1.96. The second kappa shape index (κ2) is 5.58. The molecule has 0 aliphatic rings. The second-order valence-corrected chi connectivity index (χ2v) is 5.33. The molecule has 1 aromatic rings. The molecule has 86 valence electrons. The first kappa shape index (κ1) is 12.6. The van der Waals surface area contributed by atoms with E-state index in [1.54, 1.807) is 11.3 Å². The Morgan fingerprint density at radius 3 is 2.53 bits per heavy atom. The number of hydrogen-bond acceptors (Lipinski definition) is 4. The lowest BCUT2D eigenvalue weighted by atomic mass is 9.95. The number of hydrogen-bond donors (Lipinski definition) is 2. The third-order valence-electron chi connectivity index (χ3n) is 2.71. The summed E-state index contributed by atoms with van der Waals surface area (Å²) in [6, 6.07) is 0.246. The summed E-state index contributed by atoms with van der Waals surface area (Å²) in [5.41, 5.74) is 4.04. The van der Waals surface area contributed by atoms with Crippen LogP contribution in [0.5, 0.6) is 0 Å². The third-order valence-corrected chi connectivity index (χ3v) is 3.87. The Morgan fingerprint density at radius 1 is 1.47 bits per heavy atom. The minimum atomic E-state index is 0.246. The van der Waals surface area contributed by atoms with Gasteiger partial charge in [0.1, 0.15) is 0 Å². The summed E-state index contributed by atoms with van der Waals surface area (Å²) >= 11 is 1.75. The van der Waals surface area contributed by atoms with Gasteiger partial charge < -0.3 is 0 Å². The van der Waals surface area contributed by atoms with Crippen LogP contribution in [0.4, 0.5) is 0 Å². The van der Waals surface area contributed by atoms with Crippen molar-refractivity contribution in [2.45, 2.75) is 46.6 Å². The molecule has 0 bridgehead atoms. The number of rotatable bonds is 5. The largest absolute Gasteiger partial charge is 0.271 e. The van der Waals surface area contributed by atoms with Crippen molar-refractivity contribution in [1.29, 1.82) is 0 Å². The van der Waals surface area contributed by atoms with Crippen LogP contribution in [0.1, 0.15) is 48.3 Å². The normalized spacial score (nSPS) is 15.3. The number of nitrogens with two attached hydrogens (primary N) is 1. The minimum absolute atomic E-state index is 0.246. The Kier molecular flexibility index (Phi) is 4.70. The molecular formula is C11H21N3S. The lowest BCUT2D eigenvalue weighted by molar-refractivity contribution is 0.371. The lowest BCUT2D eigenvalue weighted by Gasteiger charge is -2.22. The summed E-state index contributed by atoms with van der Waals surface area (Å²) in [4.78, 5) is 5.73. The van der Waals surface area contributed by atoms with E-state index < -0.39 is 0 Å². The van der Waals surface area contributed by atoms with Crippen LogP contribution in [-0.4, -0.2) is 4.98 Å². The Bertz CT molecular complexity index is 309. The summed E-state index contributed by atoms with van der Waals surface area (Å²) < 4.78 is 0. The fraction of sp³-hybridized carbons (Fsp3) is 0.727. The van der Waals surface area contributed by atoms with Crippen LogP contribution in [0.15, 0.2) is 0 Å². The van der Waals surface area contributed by atoms with Crippen LogP contribution in [0, 0.1) is 19.8 Å². The monoisotopic (exact) mass is 227 g/mol. The second-order valence-electron chi connectivity index (χ2n) is 4.09. The van der Waals surface area contributed by atoms with Gasteiger partial charge in [-0.05, 0) is 26.2 Å². The van der Waals surface area contributed by atoms with Gasteiger partial charge in [0.15, 0.2) is 0 Å². The van der Waals surface area contributed by atoms with Crippen LogP contribution in [0.3, 0.4) is 0 Å². The maximum absolute atomic E-state index is 5.64. The van der Waals surface area contributed by atoms with Crippen molar-refractivity contribution >= 4 is 11.3 Å². The number of hydrazine groups is 1. The molecule has 0 saturated carbocycles. The highest BCUT2D eigenvalue weighted by atomic mass is 32.1. The maximum Gasteiger partial charge on any atom is 0.0900 e. The van der Waals surface area contributed by atoms with E-state index in [1.807, 2.05) is 6.92 Å². The topological polar surface area (TPSA) is 50.9 Å². The molecule has 1 rings (SSSR count). The van der Waals surface area contributed by atoms with Crippen LogP contribution in [0.25, 0.3) is 0 Å². The van der Waals surface area contributed by atoms with E-state index in [0.29, 0.717) is 5.92 Å². The van der Waals surface area contributed by atoms with Gasteiger partial charge in [0, 0.05) is 4.88 Å². The molecule has 0 aliphatic carbocycles. The quantitative estimate of drug-likeness (QED) is 0.600. The number of aromatic nitrogens is 1. The number of thiazole rings is 1. The van der Waals surface area contributed by atoms with E-state index in [0.717, 1.165) is 10.7 Å². The first-order valence-corrected chi connectivity index (χ1v) is 6.31. The number of aryl methyl sites for hydroxylation is 2. The van der Waals surface area contributed by atoms with E-state index in [-0.39, 0.29) is 6.04 Å². The van der Waals surface area contributed by atoms with Gasteiger partial charge in [0.25, 0.3) is 0 Å². The molecule has 0 aliphatic heterocycles. The van der Waals surface area contributed by atoms with E-state index in [4.69, 9.17) is 5.84 Å². The van der Waals surface area contributed by atoms with Gasteiger partial charge >= 0.3 is 0 Å². The molecule has 1 heterocycles. The van der Waals surface area contributed by atoms with Gasteiger partial charge in [0.2, 0.25) is 0 Å². The molecule has 3 nitrogen and oxygen atoms in total. The molecule has 3 N–H and O–H groups in total. The van der Waals surface area contributed by atoms with Crippen molar-refractivity contribution < 1.29 is 0 Å². The van der Waals surface area contributed by atoms with Gasteiger partial charge in [-0.1, -0.05) is 20.3 Å². The predicted molar refractivity (Wildman–Crippen MR) is 65.7 cm³/mol. The van der Waals surface area contributed by atoms with Gasteiger partial charge in [-0.15, -0.1) is 11.3 Å². The summed E-state index contributed by atoms with van der Waals surface area (Å²) in [6.07, 6.45) is 2.38. The average Bonchev–Trinajstić information content (AvgIpc) is 2.47. The van der Waals surface area contributed by atoms with E-state index in [2.05, 4.69) is 31.2 Å². The van der Waals surface area contributed by atoms with E-state index >= 15 is 0 Å². The van der Waals surface area contributed by atoms with Gasteiger partial charge in [0.05, 0.1) is 16.7 Å². The van der Waals surface area contributed by atoms with Crippen molar-refractivity contribution in [3.63, 3.8) is 0 Å². The molecule has 4 heteroatoms. The SMILES string of the molecule is CCCC(C)C(NN)c1sc(C)nc1C. The molecule has 1 aromatic heterocycles. The highest BCUT2D eigenvalue weighted by Crippen LogP contribution is 2.31. The van der Waals surface area contributed by atoms with Crippen LogP contribution >= 0.6 is 11.3 Å². The smallest absolute Gasteiger partial charge is 0.0900 e. The van der Waals surface area contributed by atoms with Gasteiger partial charge in [-0.3, -0.25) is 11.3 Å². The summed E-state index contributed by atoms with van der Waals surface area (Å²) in [6.45, 7) is 8.54. The molecule has 2 atom stereocenters. The Balaban J connectivity index is 2.86. The minimum Gasteiger partial charge on any atom is -0.271 e. The zero-order chi connectivity index (χ0) is 11.4. The van der Waals surface area contributed by atoms with Crippen molar-refractivity contribution in [3.8, 4) is 0 Å². The summed E-state index contributed by atoms with van der Waals surface area (Å²) in [5.74, 6) is 6.20. The maximum atomic E-state index is 5.64. The van der Waals surface area contributed by atoms with E-state index in [1.165, 1.54) is 17.7 Å².